The van der Waals surface area contributed by atoms with E-state index in [2.05, 4.69) is 6.07 Å². The highest BCUT2D eigenvalue weighted by Gasteiger charge is 2.34. The van der Waals surface area contributed by atoms with Gasteiger partial charge in [-0.25, -0.2) is 0 Å². The largest absolute Gasteiger partial charge is 0.495 e. The van der Waals surface area contributed by atoms with Crippen molar-refractivity contribution in [3.8, 4) is 11.5 Å². The Balaban J connectivity index is 1.97. The van der Waals surface area contributed by atoms with Gasteiger partial charge in [0.25, 0.3) is 0 Å². The van der Waals surface area contributed by atoms with E-state index in [1.54, 1.807) is 7.11 Å². The van der Waals surface area contributed by atoms with Crippen molar-refractivity contribution in [1.82, 2.24) is 0 Å². The van der Waals surface area contributed by atoms with Crippen molar-refractivity contribution in [3.05, 3.63) is 17.2 Å². The molecule has 2 atom stereocenters. The number of benzene rings is 1. The molecule has 2 aliphatic rings. The van der Waals surface area contributed by atoms with E-state index in [1.165, 1.54) is 19.3 Å². The summed E-state index contributed by atoms with van der Waals surface area (Å²) >= 11 is 8.20. The predicted molar refractivity (Wildman–Crippen MR) is 70.5 cm³/mol. The van der Waals surface area contributed by atoms with Crippen LogP contribution in [0.3, 0.4) is 0 Å². The smallest absolute Gasteiger partial charge is 0.155 e. The second kappa shape index (κ2) is 4.62. The molecule has 0 amide bonds. The molecule has 0 bridgehead atoms. The van der Waals surface area contributed by atoms with Crippen LogP contribution >= 0.6 is 23.4 Å². The van der Waals surface area contributed by atoms with Gasteiger partial charge in [-0.15, -0.1) is 11.8 Å². The van der Waals surface area contributed by atoms with E-state index < -0.39 is 0 Å². The molecular weight excluding hydrogens is 256 g/mol. The van der Waals surface area contributed by atoms with Crippen molar-refractivity contribution < 1.29 is 9.47 Å². The average molecular weight is 271 g/mol. The van der Waals surface area contributed by atoms with Gasteiger partial charge in [0.1, 0.15) is 16.9 Å². The molecular formula is C13H15ClO2S. The van der Waals surface area contributed by atoms with Crippen LogP contribution in [0, 0.1) is 0 Å². The zero-order valence-corrected chi connectivity index (χ0v) is 11.3. The summed E-state index contributed by atoms with van der Waals surface area (Å²) in [6.07, 6.45) is 5.30. The lowest BCUT2D eigenvalue weighted by molar-refractivity contribution is 0.151. The van der Waals surface area contributed by atoms with Crippen molar-refractivity contribution >= 4 is 23.4 Å². The molecule has 1 saturated carbocycles. The van der Waals surface area contributed by atoms with Gasteiger partial charge in [-0.1, -0.05) is 18.0 Å². The molecule has 17 heavy (non-hydrogen) atoms. The number of rotatable bonds is 1. The summed E-state index contributed by atoms with van der Waals surface area (Å²) in [5, 5.41) is 1.21. The van der Waals surface area contributed by atoms with Crippen molar-refractivity contribution in [2.75, 3.05) is 7.11 Å². The van der Waals surface area contributed by atoms with E-state index in [0.717, 1.165) is 17.1 Å². The van der Waals surface area contributed by atoms with E-state index in [9.17, 15) is 0 Å². The summed E-state index contributed by atoms with van der Waals surface area (Å²) in [5.41, 5.74) is 0. The van der Waals surface area contributed by atoms with Crippen molar-refractivity contribution in [2.45, 2.75) is 41.9 Å². The van der Waals surface area contributed by atoms with E-state index >= 15 is 0 Å². The van der Waals surface area contributed by atoms with Crippen molar-refractivity contribution in [2.24, 2.45) is 0 Å². The Bertz CT molecular complexity index is 436. The van der Waals surface area contributed by atoms with Gasteiger partial charge in [-0.3, -0.25) is 0 Å². The Hall–Kier alpha value is -0.540. The molecule has 0 radical (unpaired) electrons. The Morgan fingerprint density at radius 2 is 2.18 bits per heavy atom. The van der Waals surface area contributed by atoms with Gasteiger partial charge in [0.15, 0.2) is 5.75 Å². The molecule has 1 fully saturated rings. The molecule has 0 spiro atoms. The Labute approximate surface area is 111 Å². The molecule has 0 aromatic heterocycles. The standard InChI is InChI=1S/C13H15ClO2S/c1-15-9-6-7-11-13(12(9)14)16-8-4-2-3-5-10(8)17-11/h6-8,10H,2-5H2,1H3/t8-,10-/m1/s1. The summed E-state index contributed by atoms with van der Waals surface area (Å²) in [7, 11) is 1.63. The number of hydrogen-bond acceptors (Lipinski definition) is 3. The van der Waals surface area contributed by atoms with Crippen LogP contribution in [0.15, 0.2) is 17.0 Å². The van der Waals surface area contributed by atoms with Crippen LogP contribution in [0.25, 0.3) is 0 Å². The number of halogens is 1. The second-order valence-electron chi connectivity index (χ2n) is 4.51. The van der Waals surface area contributed by atoms with Crippen LogP contribution in [-0.2, 0) is 0 Å². The van der Waals surface area contributed by atoms with Gasteiger partial charge >= 0.3 is 0 Å². The van der Waals surface area contributed by atoms with E-state index in [-0.39, 0.29) is 0 Å². The lowest BCUT2D eigenvalue weighted by Gasteiger charge is -2.36. The quantitative estimate of drug-likeness (QED) is 0.764. The minimum absolute atomic E-state index is 0.325. The fourth-order valence-electron chi connectivity index (χ4n) is 2.53. The Morgan fingerprint density at radius 1 is 1.35 bits per heavy atom. The molecule has 92 valence electrons. The van der Waals surface area contributed by atoms with Crippen LogP contribution in [0.2, 0.25) is 5.02 Å². The van der Waals surface area contributed by atoms with Crippen molar-refractivity contribution in [3.63, 3.8) is 0 Å². The zero-order valence-electron chi connectivity index (χ0n) is 9.74. The molecule has 3 rings (SSSR count). The summed E-state index contributed by atoms with van der Waals surface area (Å²) in [5.74, 6) is 1.51. The number of thioether (sulfide) groups is 1. The van der Waals surface area contributed by atoms with Crippen LogP contribution < -0.4 is 9.47 Å². The minimum Gasteiger partial charge on any atom is -0.495 e. The first kappa shape index (κ1) is 11.5. The maximum Gasteiger partial charge on any atom is 0.155 e. The molecule has 2 nitrogen and oxygen atoms in total. The third kappa shape index (κ3) is 2.00. The highest BCUT2D eigenvalue weighted by molar-refractivity contribution is 8.00. The van der Waals surface area contributed by atoms with Crippen LogP contribution in [0.5, 0.6) is 11.5 Å². The lowest BCUT2D eigenvalue weighted by Crippen LogP contribution is -2.35. The highest BCUT2D eigenvalue weighted by atomic mass is 35.5. The topological polar surface area (TPSA) is 18.5 Å². The first-order chi connectivity index (χ1) is 8.29. The zero-order chi connectivity index (χ0) is 11.8. The number of methoxy groups -OCH3 is 1. The molecule has 1 aromatic rings. The van der Waals surface area contributed by atoms with Crippen LogP contribution in [-0.4, -0.2) is 18.5 Å². The number of ether oxygens (including phenoxy) is 2. The minimum atomic E-state index is 0.325. The summed E-state index contributed by atoms with van der Waals surface area (Å²) < 4.78 is 11.3. The van der Waals surface area contributed by atoms with E-state index in [4.69, 9.17) is 21.1 Å². The monoisotopic (exact) mass is 270 g/mol. The first-order valence-electron chi connectivity index (χ1n) is 5.99. The third-order valence-corrected chi connectivity index (χ3v) is 5.21. The van der Waals surface area contributed by atoms with Crippen molar-refractivity contribution in [1.29, 1.82) is 0 Å². The molecule has 1 aliphatic carbocycles. The fraction of sp³-hybridized carbons (Fsp3) is 0.538. The molecule has 4 heteroatoms. The number of hydrogen-bond donors (Lipinski definition) is 0. The van der Waals surface area contributed by atoms with Gasteiger partial charge in [0.05, 0.1) is 12.0 Å². The Kier molecular flexibility index (Phi) is 3.14. The molecule has 1 heterocycles. The average Bonchev–Trinajstić information content (AvgIpc) is 2.37. The van der Waals surface area contributed by atoms with E-state index in [1.807, 2.05) is 17.8 Å². The molecule has 0 N–H and O–H groups in total. The van der Waals surface area contributed by atoms with Crippen LogP contribution in [0.1, 0.15) is 25.7 Å². The lowest BCUT2D eigenvalue weighted by atomic mass is 9.97. The first-order valence-corrected chi connectivity index (χ1v) is 7.25. The van der Waals surface area contributed by atoms with Gasteiger partial charge < -0.3 is 9.47 Å². The van der Waals surface area contributed by atoms with Gasteiger partial charge in [0, 0.05) is 5.25 Å². The normalized spacial score (nSPS) is 26.7. The maximum atomic E-state index is 6.29. The summed E-state index contributed by atoms with van der Waals surface area (Å²) in [6, 6.07) is 3.97. The van der Waals surface area contributed by atoms with Crippen LogP contribution in [0.4, 0.5) is 0 Å². The summed E-state index contributed by atoms with van der Waals surface area (Å²) in [4.78, 5) is 1.15. The van der Waals surface area contributed by atoms with E-state index in [0.29, 0.717) is 22.1 Å². The molecule has 1 aliphatic heterocycles. The second-order valence-corrected chi connectivity index (χ2v) is 6.17. The van der Waals surface area contributed by atoms with Gasteiger partial charge in [-0.2, -0.15) is 0 Å². The number of fused-ring (bicyclic) bond motifs is 2. The van der Waals surface area contributed by atoms with Gasteiger partial charge in [0.2, 0.25) is 0 Å². The SMILES string of the molecule is COc1ccc2c(c1Cl)O[C@@H]1CCCC[C@H]1S2. The molecule has 0 unspecified atom stereocenters. The molecule has 0 saturated heterocycles. The molecule has 1 aromatic carbocycles. The Morgan fingerprint density at radius 3 is 3.00 bits per heavy atom. The fourth-order valence-corrected chi connectivity index (χ4v) is 4.23. The van der Waals surface area contributed by atoms with Gasteiger partial charge in [-0.05, 0) is 31.4 Å². The summed E-state index contributed by atoms with van der Waals surface area (Å²) in [6.45, 7) is 0. The highest BCUT2D eigenvalue weighted by Crippen LogP contribution is 2.49. The maximum absolute atomic E-state index is 6.29. The predicted octanol–water partition coefficient (Wildman–Crippen LogP) is 4.14. The third-order valence-electron chi connectivity index (χ3n) is 3.43.